The minimum absolute atomic E-state index is 0.0167. The highest BCUT2D eigenvalue weighted by Gasteiger charge is 2.26. The maximum absolute atomic E-state index is 12.5. The predicted octanol–water partition coefficient (Wildman–Crippen LogP) is 8.10. The Labute approximate surface area is 307 Å². The van der Waals surface area contributed by atoms with Crippen LogP contribution in [0.15, 0.2) is 60.8 Å². The first-order valence-corrected chi connectivity index (χ1v) is 20.5. The molecule has 1 unspecified atom stereocenters. The van der Waals surface area contributed by atoms with Gasteiger partial charge in [-0.15, -0.1) is 0 Å². The lowest BCUT2D eigenvalue weighted by Gasteiger charge is -2.20. The molecule has 0 aliphatic rings. The van der Waals surface area contributed by atoms with Crippen LogP contribution in [0.5, 0.6) is 0 Å². The van der Waals surface area contributed by atoms with Crippen LogP contribution < -0.4 is 5.73 Å². The molecule has 0 spiro atoms. The van der Waals surface area contributed by atoms with Crippen LogP contribution in [0.1, 0.15) is 129 Å². The lowest BCUT2D eigenvalue weighted by Crippen LogP contribution is -2.29. The molecule has 51 heavy (non-hydrogen) atoms. The van der Waals surface area contributed by atoms with E-state index < -0.39 is 44.7 Å². The first-order valence-electron chi connectivity index (χ1n) is 19.0. The Morgan fingerprint density at radius 2 is 1.27 bits per heavy atom. The Hall–Kier alpha value is -2.37. The number of nitrogens with two attached hydrogens (primary N) is 1. The zero-order valence-electron chi connectivity index (χ0n) is 31.3. The second kappa shape index (κ2) is 34.7. The topological polar surface area (TPSA) is 175 Å². The average molecular weight is 742 g/mol. The molecule has 0 amide bonds. The van der Waals surface area contributed by atoms with Crippen molar-refractivity contribution >= 4 is 19.8 Å². The van der Waals surface area contributed by atoms with Crippen molar-refractivity contribution in [2.24, 2.45) is 5.73 Å². The minimum atomic E-state index is -4.43. The van der Waals surface area contributed by atoms with Gasteiger partial charge in [-0.05, 0) is 51.4 Å². The van der Waals surface area contributed by atoms with Crippen LogP contribution >= 0.6 is 7.82 Å². The number of phosphoric ester groups is 1. The van der Waals surface area contributed by atoms with E-state index in [1.807, 2.05) is 30.4 Å². The van der Waals surface area contributed by atoms with Crippen molar-refractivity contribution in [3.05, 3.63) is 60.8 Å². The van der Waals surface area contributed by atoms with Crippen molar-refractivity contribution in [1.29, 1.82) is 0 Å². The molecule has 0 rings (SSSR count). The zero-order valence-corrected chi connectivity index (χ0v) is 32.2. The number of aliphatic hydroxyl groups is 2. The summed E-state index contributed by atoms with van der Waals surface area (Å²) in [5.74, 6) is -1.08. The van der Waals surface area contributed by atoms with E-state index in [-0.39, 0.29) is 32.6 Å². The fourth-order valence-corrected chi connectivity index (χ4v) is 5.42. The minimum Gasteiger partial charge on any atom is -0.462 e. The van der Waals surface area contributed by atoms with Crippen molar-refractivity contribution in [2.45, 2.75) is 148 Å². The Morgan fingerprint density at radius 3 is 1.92 bits per heavy atom. The fraction of sp³-hybridized carbons (Fsp3) is 0.692. The molecular formula is C39H68NO10P. The second-order valence-electron chi connectivity index (χ2n) is 12.5. The van der Waals surface area contributed by atoms with Gasteiger partial charge in [-0.2, -0.15) is 0 Å². The molecule has 0 fully saturated rings. The summed E-state index contributed by atoms with van der Waals surface area (Å²) >= 11 is 0. The maximum atomic E-state index is 12.5. The SMILES string of the molecule is CCCC/C=C\CCCCCCCC(=O)O[C@H](COC(=O)CCC[C@@H](O)/C=C/C=C\C/C=C\C=C\[C@@H](O)CCCCC)COP(=O)(O)OCCN. The van der Waals surface area contributed by atoms with Gasteiger partial charge in [-0.1, -0.05) is 126 Å². The van der Waals surface area contributed by atoms with Gasteiger partial charge in [0, 0.05) is 19.4 Å². The molecule has 0 aromatic carbocycles. The summed E-state index contributed by atoms with van der Waals surface area (Å²) in [5.41, 5.74) is 5.31. The standard InChI is InChI=1S/C39H68NO10P/c1-3-5-7-8-9-10-11-12-16-19-23-29-39(44)50-37(34-49-51(45,46)48-32-31-40)33-47-38(43)30-24-28-36(42)27-22-18-15-13-14-17-21-26-35(41)25-20-6-4-2/h8-9,14-15,17-18,21-22,26-27,35-37,41-42H,3-7,10-13,16,19-20,23-25,28-34,40H2,1-2H3,(H,45,46)/b9-8-,17-14-,18-15-,26-21+,27-22+/t35-,36-,37+/m0/s1. The summed E-state index contributed by atoms with van der Waals surface area (Å²) in [5, 5.41) is 20.1. The van der Waals surface area contributed by atoms with E-state index in [9.17, 15) is 29.3 Å². The van der Waals surface area contributed by atoms with E-state index in [4.69, 9.17) is 24.3 Å². The molecular weight excluding hydrogens is 673 g/mol. The van der Waals surface area contributed by atoms with E-state index in [1.165, 1.54) is 12.8 Å². The molecule has 0 saturated carbocycles. The van der Waals surface area contributed by atoms with Crippen molar-refractivity contribution in [3.63, 3.8) is 0 Å². The van der Waals surface area contributed by atoms with Crippen LogP contribution in [0.2, 0.25) is 0 Å². The Morgan fingerprint density at radius 1 is 0.686 bits per heavy atom. The third-order valence-corrected chi connectivity index (χ3v) is 8.57. The molecule has 4 atom stereocenters. The highest BCUT2D eigenvalue weighted by Crippen LogP contribution is 2.43. The smallest absolute Gasteiger partial charge is 0.462 e. The summed E-state index contributed by atoms with van der Waals surface area (Å²) in [4.78, 5) is 34.7. The fourth-order valence-electron chi connectivity index (χ4n) is 4.65. The van der Waals surface area contributed by atoms with Crippen LogP contribution in [-0.2, 0) is 32.7 Å². The van der Waals surface area contributed by atoms with E-state index >= 15 is 0 Å². The van der Waals surface area contributed by atoms with Gasteiger partial charge in [0.25, 0.3) is 0 Å². The molecule has 0 bridgehead atoms. The Kier molecular flexibility index (Phi) is 33.1. The number of hydrogen-bond acceptors (Lipinski definition) is 10. The maximum Gasteiger partial charge on any atom is 0.472 e. The predicted molar refractivity (Wildman–Crippen MR) is 204 cm³/mol. The van der Waals surface area contributed by atoms with Crippen LogP contribution in [-0.4, -0.2) is 71.7 Å². The molecule has 11 nitrogen and oxygen atoms in total. The number of carbonyl (C=O) groups excluding carboxylic acids is 2. The normalized spacial score (nSPS) is 15.3. The summed E-state index contributed by atoms with van der Waals surface area (Å²) in [6, 6.07) is 0. The molecule has 12 heteroatoms. The third-order valence-electron chi connectivity index (χ3n) is 7.58. The summed E-state index contributed by atoms with van der Waals surface area (Å²) in [6.45, 7) is 3.28. The Balaban J connectivity index is 4.50. The van der Waals surface area contributed by atoms with Gasteiger partial charge >= 0.3 is 19.8 Å². The number of hydrogen-bond donors (Lipinski definition) is 4. The number of phosphoric acid groups is 1. The van der Waals surface area contributed by atoms with Gasteiger partial charge in [-0.25, -0.2) is 4.57 Å². The van der Waals surface area contributed by atoms with Crippen molar-refractivity contribution in [2.75, 3.05) is 26.4 Å². The third kappa shape index (κ3) is 34.5. The first kappa shape index (κ1) is 48.6. The molecule has 0 aliphatic carbocycles. The molecule has 0 aliphatic heterocycles. The van der Waals surface area contributed by atoms with Gasteiger partial charge in [0.1, 0.15) is 6.61 Å². The molecule has 5 N–H and O–H groups in total. The zero-order chi connectivity index (χ0) is 37.8. The van der Waals surface area contributed by atoms with E-state index in [1.54, 1.807) is 18.2 Å². The highest BCUT2D eigenvalue weighted by molar-refractivity contribution is 7.47. The second-order valence-corrected chi connectivity index (χ2v) is 13.9. The number of rotatable bonds is 34. The monoisotopic (exact) mass is 741 g/mol. The van der Waals surface area contributed by atoms with Crippen LogP contribution in [0.3, 0.4) is 0 Å². The lowest BCUT2D eigenvalue weighted by atomic mass is 10.1. The number of esters is 2. The van der Waals surface area contributed by atoms with E-state index in [0.717, 1.165) is 64.2 Å². The number of aliphatic hydroxyl groups excluding tert-OH is 2. The number of carbonyl (C=O) groups is 2. The highest BCUT2D eigenvalue weighted by atomic mass is 31.2. The lowest BCUT2D eigenvalue weighted by molar-refractivity contribution is -0.161. The number of allylic oxidation sites excluding steroid dienone is 8. The molecule has 0 heterocycles. The van der Waals surface area contributed by atoms with E-state index in [2.05, 4.69) is 26.0 Å². The average Bonchev–Trinajstić information content (AvgIpc) is 3.10. The number of ether oxygens (including phenoxy) is 2. The van der Waals surface area contributed by atoms with Gasteiger partial charge in [0.05, 0.1) is 25.4 Å². The van der Waals surface area contributed by atoms with Gasteiger partial charge in [0.2, 0.25) is 0 Å². The molecule has 0 aromatic heterocycles. The molecule has 0 aromatic rings. The van der Waals surface area contributed by atoms with Crippen molar-refractivity contribution in [3.8, 4) is 0 Å². The van der Waals surface area contributed by atoms with Crippen molar-refractivity contribution < 1.29 is 47.8 Å². The van der Waals surface area contributed by atoms with Crippen LogP contribution in [0, 0.1) is 0 Å². The quantitative estimate of drug-likeness (QED) is 0.0165. The largest absolute Gasteiger partial charge is 0.472 e. The van der Waals surface area contributed by atoms with Crippen molar-refractivity contribution in [1.82, 2.24) is 0 Å². The molecule has 294 valence electrons. The first-order chi connectivity index (χ1) is 24.6. The van der Waals surface area contributed by atoms with Crippen LogP contribution in [0.4, 0.5) is 0 Å². The van der Waals surface area contributed by atoms with Gasteiger partial charge in [0.15, 0.2) is 6.10 Å². The summed E-state index contributed by atoms with van der Waals surface area (Å²) < 4.78 is 32.4. The summed E-state index contributed by atoms with van der Waals surface area (Å²) in [7, 11) is -4.43. The van der Waals surface area contributed by atoms with Gasteiger partial charge in [-0.3, -0.25) is 18.6 Å². The molecule has 0 radical (unpaired) electrons. The Bertz CT molecular complexity index is 1060. The molecule has 0 saturated heterocycles. The van der Waals surface area contributed by atoms with E-state index in [0.29, 0.717) is 25.7 Å². The number of unbranched alkanes of at least 4 members (excludes halogenated alkanes) is 9. The summed E-state index contributed by atoms with van der Waals surface area (Å²) in [6.07, 6.45) is 31.9. The van der Waals surface area contributed by atoms with Crippen LogP contribution in [0.25, 0.3) is 0 Å². The van der Waals surface area contributed by atoms with Gasteiger partial charge < -0.3 is 30.3 Å².